The first-order valence-electron chi connectivity index (χ1n) is 5.33. The average molecular weight is 462 g/mol. The van der Waals surface area contributed by atoms with Crippen LogP contribution < -0.4 is 0 Å². The van der Waals surface area contributed by atoms with E-state index < -0.39 is 0 Å². The van der Waals surface area contributed by atoms with Crippen molar-refractivity contribution >= 4 is 45.2 Å². The Bertz CT molecular complexity index is 409. The lowest BCUT2D eigenvalue weighted by Crippen LogP contribution is -1.73. The highest BCUT2D eigenvalue weighted by Crippen LogP contribution is 1.98. The number of hydrogen-bond acceptors (Lipinski definition) is 0. The second kappa shape index (κ2) is 12.9. The minimum absolute atomic E-state index is 1.05. The summed E-state index contributed by atoms with van der Waals surface area (Å²) in [5.41, 5.74) is 2.10. The van der Waals surface area contributed by atoms with E-state index in [1.54, 1.807) is 0 Å². The molecule has 0 fully saturated rings. The molecule has 0 nitrogen and oxygen atoms in total. The summed E-state index contributed by atoms with van der Waals surface area (Å²) in [6.45, 7) is 0. The number of benzene rings is 2. The van der Waals surface area contributed by atoms with Crippen molar-refractivity contribution in [1.82, 2.24) is 0 Å². The van der Waals surface area contributed by atoms with Crippen LogP contribution in [0.2, 0.25) is 0 Å². The minimum Gasteiger partial charge on any atom is -0.0901 e. The molecular weight excluding hydrogens is 446 g/mol. The Labute approximate surface area is 137 Å². The molecule has 18 heavy (non-hydrogen) atoms. The summed E-state index contributed by atoms with van der Waals surface area (Å²) in [7, 11) is 0. The number of rotatable bonds is 0. The van der Waals surface area contributed by atoms with Crippen LogP contribution in [0, 0.1) is 11.8 Å². The Morgan fingerprint density at radius 3 is 1.11 bits per heavy atom. The molecule has 0 heterocycles. The first-order chi connectivity index (χ1) is 8.95. The fraction of sp³-hybridized carbons (Fsp3) is 0.125. The van der Waals surface area contributed by atoms with E-state index in [0.717, 1.165) is 11.1 Å². The maximum Gasteiger partial charge on any atom is 0.0249 e. The lowest BCUT2D eigenvalue weighted by atomic mass is 10.2. The van der Waals surface area contributed by atoms with Crippen molar-refractivity contribution in [3.05, 3.63) is 71.8 Å². The lowest BCUT2D eigenvalue weighted by molar-refractivity contribution is 1.62. The van der Waals surface area contributed by atoms with E-state index in [1.165, 1.54) is 0 Å². The Balaban J connectivity index is 0.000000659. The largest absolute Gasteiger partial charge is 0.0901 e. The van der Waals surface area contributed by atoms with Crippen LogP contribution in [0.15, 0.2) is 60.7 Å². The van der Waals surface area contributed by atoms with Gasteiger partial charge in [-0.3, -0.25) is 0 Å². The van der Waals surface area contributed by atoms with E-state index in [-0.39, 0.29) is 0 Å². The van der Waals surface area contributed by atoms with Gasteiger partial charge in [0.25, 0.3) is 0 Å². The van der Waals surface area contributed by atoms with Crippen LogP contribution in [0.1, 0.15) is 11.1 Å². The third kappa shape index (κ3) is 7.72. The Hall–Kier alpha value is -0.540. The van der Waals surface area contributed by atoms with E-state index in [0.29, 0.717) is 0 Å². The molecule has 0 amide bonds. The van der Waals surface area contributed by atoms with Gasteiger partial charge in [-0.2, -0.15) is 0 Å². The normalized spacial score (nSPS) is 7.56. The van der Waals surface area contributed by atoms with Crippen molar-refractivity contribution in [2.24, 2.45) is 0 Å². The van der Waals surface area contributed by atoms with Gasteiger partial charge in [0.05, 0.1) is 0 Å². The standard InChI is InChI=1S/C14H10.2CH3I/c1-3-7-13(8-4-1)11-12-14-9-5-2-6-10-14;2*1-2/h1-10H;2*1H3. The monoisotopic (exact) mass is 462 g/mol. The third-order valence-corrected chi connectivity index (χ3v) is 1.90. The van der Waals surface area contributed by atoms with Crippen LogP contribution in [-0.2, 0) is 0 Å². The van der Waals surface area contributed by atoms with Gasteiger partial charge in [0.1, 0.15) is 0 Å². The second-order valence-electron chi connectivity index (χ2n) is 2.98. The van der Waals surface area contributed by atoms with Crippen LogP contribution in [0.5, 0.6) is 0 Å². The zero-order valence-corrected chi connectivity index (χ0v) is 14.8. The molecule has 0 saturated carbocycles. The van der Waals surface area contributed by atoms with Gasteiger partial charge >= 0.3 is 0 Å². The Morgan fingerprint density at radius 2 is 0.833 bits per heavy atom. The molecule has 0 aliphatic heterocycles. The van der Waals surface area contributed by atoms with Crippen molar-refractivity contribution in [2.75, 3.05) is 9.86 Å². The molecule has 0 aliphatic carbocycles. The molecule has 0 aromatic heterocycles. The van der Waals surface area contributed by atoms with Crippen molar-refractivity contribution < 1.29 is 0 Å². The summed E-state index contributed by atoms with van der Waals surface area (Å²) in [5.74, 6) is 6.22. The molecule has 0 unspecified atom stereocenters. The molecule has 2 rings (SSSR count). The highest BCUT2D eigenvalue weighted by Gasteiger charge is 1.83. The quantitative estimate of drug-likeness (QED) is 0.288. The minimum atomic E-state index is 1.05. The van der Waals surface area contributed by atoms with Crippen molar-refractivity contribution in [1.29, 1.82) is 0 Å². The molecule has 0 atom stereocenters. The summed E-state index contributed by atoms with van der Waals surface area (Å²) in [6, 6.07) is 20.0. The first kappa shape index (κ1) is 17.5. The summed E-state index contributed by atoms with van der Waals surface area (Å²) in [6.07, 6.45) is 0. The maximum atomic E-state index is 3.11. The zero-order valence-electron chi connectivity index (χ0n) is 10.5. The Morgan fingerprint density at radius 1 is 0.556 bits per heavy atom. The van der Waals surface area contributed by atoms with Gasteiger partial charge < -0.3 is 0 Å². The number of hydrogen-bond donors (Lipinski definition) is 0. The summed E-state index contributed by atoms with van der Waals surface area (Å²) < 4.78 is 0. The first-order valence-corrected chi connectivity index (χ1v) is 9.64. The lowest BCUT2D eigenvalue weighted by Gasteiger charge is -1.88. The molecular formula is C16H16I2. The van der Waals surface area contributed by atoms with Crippen molar-refractivity contribution in [3.63, 3.8) is 0 Å². The van der Waals surface area contributed by atoms with Gasteiger partial charge in [0.2, 0.25) is 0 Å². The molecule has 2 heteroatoms. The third-order valence-electron chi connectivity index (χ3n) is 1.90. The summed E-state index contributed by atoms with van der Waals surface area (Å²) >= 11 is 4.30. The van der Waals surface area contributed by atoms with Gasteiger partial charge in [0.15, 0.2) is 0 Å². The molecule has 2 aromatic rings. The smallest absolute Gasteiger partial charge is 0.0249 e. The average Bonchev–Trinajstić information content (AvgIpc) is 2.51. The van der Waals surface area contributed by atoms with Crippen LogP contribution >= 0.6 is 45.2 Å². The van der Waals surface area contributed by atoms with E-state index >= 15 is 0 Å². The predicted octanol–water partition coefficient (Wildman–Crippen LogP) is 5.19. The topological polar surface area (TPSA) is 0 Å². The van der Waals surface area contributed by atoms with Gasteiger partial charge in [-0.15, -0.1) is 0 Å². The summed E-state index contributed by atoms with van der Waals surface area (Å²) in [4.78, 5) is 3.94. The highest BCUT2D eigenvalue weighted by atomic mass is 127. The van der Waals surface area contributed by atoms with E-state index in [9.17, 15) is 0 Å². The van der Waals surface area contributed by atoms with E-state index in [2.05, 4.69) is 57.0 Å². The van der Waals surface area contributed by atoms with Gasteiger partial charge in [-0.25, -0.2) is 0 Å². The van der Waals surface area contributed by atoms with Crippen molar-refractivity contribution in [3.8, 4) is 11.8 Å². The van der Waals surface area contributed by atoms with Gasteiger partial charge in [-0.05, 0) is 34.1 Å². The van der Waals surface area contributed by atoms with Crippen LogP contribution in [0.3, 0.4) is 0 Å². The highest BCUT2D eigenvalue weighted by molar-refractivity contribution is 14.1. The molecule has 2 aromatic carbocycles. The fourth-order valence-corrected chi connectivity index (χ4v) is 1.19. The second-order valence-corrected chi connectivity index (χ2v) is 2.98. The molecule has 0 radical (unpaired) electrons. The zero-order chi connectivity index (χ0) is 13.6. The summed E-state index contributed by atoms with van der Waals surface area (Å²) in [5, 5.41) is 0. The molecule has 0 bridgehead atoms. The van der Waals surface area contributed by atoms with Gasteiger partial charge in [-0.1, -0.05) is 93.4 Å². The maximum absolute atomic E-state index is 3.11. The predicted molar refractivity (Wildman–Crippen MR) is 98.8 cm³/mol. The number of alkyl halides is 2. The molecule has 0 spiro atoms. The molecule has 0 saturated heterocycles. The molecule has 94 valence electrons. The Kier molecular flexibility index (Phi) is 12.5. The van der Waals surface area contributed by atoms with Crippen LogP contribution in [0.25, 0.3) is 0 Å². The van der Waals surface area contributed by atoms with E-state index in [1.807, 2.05) is 70.5 Å². The van der Waals surface area contributed by atoms with Crippen LogP contribution in [-0.4, -0.2) is 9.86 Å². The molecule has 0 N–H and O–H groups in total. The van der Waals surface area contributed by atoms with Gasteiger partial charge in [0, 0.05) is 11.1 Å². The molecule has 0 aliphatic rings. The van der Waals surface area contributed by atoms with Crippen molar-refractivity contribution in [2.45, 2.75) is 0 Å². The van der Waals surface area contributed by atoms with Crippen LogP contribution in [0.4, 0.5) is 0 Å². The number of halogens is 2. The van der Waals surface area contributed by atoms with E-state index in [4.69, 9.17) is 0 Å². The SMILES string of the molecule is C(#Cc1ccccc1)c1ccccc1.CI.CI. The fourth-order valence-electron chi connectivity index (χ4n) is 1.19.